The Morgan fingerprint density at radius 3 is 2.62 bits per heavy atom. The van der Waals surface area contributed by atoms with Crippen LogP contribution >= 0.6 is 0 Å². The van der Waals surface area contributed by atoms with Crippen molar-refractivity contribution in [2.45, 2.75) is 6.92 Å². The molecule has 0 bridgehead atoms. The van der Waals surface area contributed by atoms with Gasteiger partial charge in [0.25, 0.3) is 0 Å². The number of benzene rings is 2. The van der Waals surface area contributed by atoms with Crippen LogP contribution < -0.4 is 4.74 Å². The number of nitrogens with zero attached hydrogens (tertiary/aromatic N) is 2. The summed E-state index contributed by atoms with van der Waals surface area (Å²) in [5, 5.41) is 0. The molecule has 0 saturated carbocycles. The second-order valence-electron chi connectivity index (χ2n) is 4.54. The minimum atomic E-state index is -0.742. The molecule has 106 valence electrons. The molecule has 0 saturated heterocycles. The van der Waals surface area contributed by atoms with Crippen LogP contribution in [0.3, 0.4) is 0 Å². The van der Waals surface area contributed by atoms with Gasteiger partial charge in [-0.15, -0.1) is 0 Å². The fourth-order valence-electron chi connectivity index (χ4n) is 2.28. The Labute approximate surface area is 121 Å². The summed E-state index contributed by atoms with van der Waals surface area (Å²) in [7, 11) is 1.27. The van der Waals surface area contributed by atoms with Crippen LogP contribution in [-0.2, 0) is 4.74 Å². The number of rotatable bonds is 2. The van der Waals surface area contributed by atoms with Crippen molar-refractivity contribution < 1.29 is 14.3 Å². The van der Waals surface area contributed by atoms with Crippen LogP contribution in [0.2, 0.25) is 0 Å². The molecular weight excluding hydrogens is 268 g/mol. The van der Waals surface area contributed by atoms with Gasteiger partial charge in [0, 0.05) is 11.8 Å². The predicted octanol–water partition coefficient (Wildman–Crippen LogP) is 3.48. The van der Waals surface area contributed by atoms with E-state index in [0.29, 0.717) is 5.75 Å². The van der Waals surface area contributed by atoms with Crippen molar-refractivity contribution in [3.63, 3.8) is 0 Å². The summed E-state index contributed by atoms with van der Waals surface area (Å²) in [5.41, 5.74) is 2.76. The summed E-state index contributed by atoms with van der Waals surface area (Å²) in [6.07, 6.45) is -0.742. The summed E-state index contributed by atoms with van der Waals surface area (Å²) in [6, 6.07) is 15.3. The maximum atomic E-state index is 11.1. The van der Waals surface area contributed by atoms with Crippen molar-refractivity contribution in [2.75, 3.05) is 7.11 Å². The number of aromatic nitrogens is 2. The van der Waals surface area contributed by atoms with E-state index in [1.165, 1.54) is 7.11 Å². The standard InChI is InChI=1S/C16H14N2O3/c1-11-17-14-10-13(21-16(19)20-2)8-9-15(14)18(11)12-6-4-3-5-7-12/h3-10H,1-2H3. The minimum Gasteiger partial charge on any atom is -0.437 e. The fraction of sp³-hybridized carbons (Fsp3) is 0.125. The molecular formula is C16H14N2O3. The van der Waals surface area contributed by atoms with E-state index >= 15 is 0 Å². The van der Waals surface area contributed by atoms with E-state index in [1.54, 1.807) is 12.1 Å². The molecule has 1 aromatic heterocycles. The predicted molar refractivity (Wildman–Crippen MR) is 78.8 cm³/mol. The second kappa shape index (κ2) is 5.28. The van der Waals surface area contributed by atoms with Gasteiger partial charge >= 0.3 is 6.16 Å². The Morgan fingerprint density at radius 1 is 1.14 bits per heavy atom. The van der Waals surface area contributed by atoms with Crippen molar-refractivity contribution in [3.8, 4) is 11.4 Å². The van der Waals surface area contributed by atoms with Crippen molar-refractivity contribution >= 4 is 17.2 Å². The average molecular weight is 282 g/mol. The van der Waals surface area contributed by atoms with Gasteiger partial charge in [0.05, 0.1) is 18.1 Å². The Hall–Kier alpha value is -2.82. The number of fused-ring (bicyclic) bond motifs is 1. The van der Waals surface area contributed by atoms with Gasteiger partial charge in [0.1, 0.15) is 11.6 Å². The van der Waals surface area contributed by atoms with Gasteiger partial charge in [-0.3, -0.25) is 4.57 Å². The van der Waals surface area contributed by atoms with Crippen LogP contribution in [0.15, 0.2) is 48.5 Å². The summed E-state index contributed by atoms with van der Waals surface area (Å²) in [6.45, 7) is 1.94. The highest BCUT2D eigenvalue weighted by molar-refractivity contribution is 5.80. The highest BCUT2D eigenvalue weighted by Gasteiger charge is 2.11. The van der Waals surface area contributed by atoms with E-state index in [0.717, 1.165) is 22.5 Å². The van der Waals surface area contributed by atoms with Crippen LogP contribution in [0.1, 0.15) is 5.82 Å². The highest BCUT2D eigenvalue weighted by atomic mass is 16.7. The first-order valence-electron chi connectivity index (χ1n) is 6.49. The second-order valence-corrected chi connectivity index (χ2v) is 4.54. The minimum absolute atomic E-state index is 0.409. The zero-order valence-corrected chi connectivity index (χ0v) is 11.7. The molecule has 0 amide bonds. The number of carbonyl (C=O) groups excluding carboxylic acids is 1. The average Bonchev–Trinajstić information content (AvgIpc) is 2.83. The number of ether oxygens (including phenoxy) is 2. The number of imidazole rings is 1. The number of hydrogen-bond donors (Lipinski definition) is 0. The topological polar surface area (TPSA) is 53.4 Å². The van der Waals surface area contributed by atoms with Gasteiger partial charge in [-0.2, -0.15) is 0 Å². The van der Waals surface area contributed by atoms with Crippen molar-refractivity contribution in [1.29, 1.82) is 0 Å². The Balaban J connectivity index is 2.08. The van der Waals surface area contributed by atoms with Crippen molar-refractivity contribution in [1.82, 2.24) is 9.55 Å². The fourth-order valence-corrected chi connectivity index (χ4v) is 2.28. The molecule has 0 unspecified atom stereocenters. The van der Waals surface area contributed by atoms with Crippen LogP contribution in [0.4, 0.5) is 4.79 Å². The molecule has 5 nitrogen and oxygen atoms in total. The lowest BCUT2D eigenvalue weighted by molar-refractivity contribution is 0.121. The maximum Gasteiger partial charge on any atom is 0.513 e. The van der Waals surface area contributed by atoms with Gasteiger partial charge in [0.2, 0.25) is 0 Å². The molecule has 21 heavy (non-hydrogen) atoms. The lowest BCUT2D eigenvalue weighted by Gasteiger charge is -2.07. The summed E-state index contributed by atoms with van der Waals surface area (Å²) in [4.78, 5) is 15.7. The number of aryl methyl sites for hydroxylation is 1. The molecule has 0 aliphatic heterocycles. The first kappa shape index (κ1) is 13.2. The molecule has 2 aromatic carbocycles. The third kappa shape index (κ3) is 2.45. The molecule has 1 heterocycles. The highest BCUT2D eigenvalue weighted by Crippen LogP contribution is 2.25. The lowest BCUT2D eigenvalue weighted by atomic mass is 10.2. The number of para-hydroxylation sites is 1. The van der Waals surface area contributed by atoms with E-state index in [2.05, 4.69) is 14.3 Å². The summed E-state index contributed by atoms with van der Waals surface area (Å²) >= 11 is 0. The number of carbonyl (C=O) groups is 1. The molecule has 0 N–H and O–H groups in total. The summed E-state index contributed by atoms with van der Waals surface area (Å²) < 4.78 is 11.5. The first-order chi connectivity index (χ1) is 10.2. The smallest absolute Gasteiger partial charge is 0.437 e. The SMILES string of the molecule is COC(=O)Oc1ccc2c(c1)nc(C)n2-c1ccccc1. The molecule has 0 aliphatic rings. The summed E-state index contributed by atoms with van der Waals surface area (Å²) in [5.74, 6) is 1.28. The molecule has 3 rings (SSSR count). The van der Waals surface area contributed by atoms with E-state index in [-0.39, 0.29) is 0 Å². The van der Waals surface area contributed by atoms with Gasteiger partial charge in [-0.05, 0) is 31.2 Å². The maximum absolute atomic E-state index is 11.1. The van der Waals surface area contributed by atoms with Gasteiger partial charge in [-0.1, -0.05) is 18.2 Å². The van der Waals surface area contributed by atoms with Gasteiger partial charge in [-0.25, -0.2) is 9.78 Å². The molecule has 0 aliphatic carbocycles. The zero-order chi connectivity index (χ0) is 14.8. The van der Waals surface area contributed by atoms with Crippen LogP contribution in [0.5, 0.6) is 5.75 Å². The van der Waals surface area contributed by atoms with Gasteiger partial charge < -0.3 is 9.47 Å². The van der Waals surface area contributed by atoms with E-state index in [1.807, 2.05) is 43.3 Å². The Bertz CT molecular complexity index is 794. The number of methoxy groups -OCH3 is 1. The molecule has 5 heteroatoms. The lowest BCUT2D eigenvalue weighted by Crippen LogP contribution is -2.07. The molecule has 3 aromatic rings. The molecule has 0 spiro atoms. The largest absolute Gasteiger partial charge is 0.513 e. The monoisotopic (exact) mass is 282 g/mol. The van der Waals surface area contributed by atoms with Crippen molar-refractivity contribution in [2.24, 2.45) is 0 Å². The van der Waals surface area contributed by atoms with Gasteiger partial charge in [0.15, 0.2) is 0 Å². The van der Waals surface area contributed by atoms with Crippen LogP contribution in [0.25, 0.3) is 16.7 Å². The number of hydrogen-bond acceptors (Lipinski definition) is 4. The Kier molecular flexibility index (Phi) is 3.31. The van der Waals surface area contributed by atoms with Crippen LogP contribution in [-0.4, -0.2) is 22.8 Å². The quantitative estimate of drug-likeness (QED) is 0.533. The normalized spacial score (nSPS) is 10.6. The molecule has 0 atom stereocenters. The van der Waals surface area contributed by atoms with Crippen molar-refractivity contribution in [3.05, 3.63) is 54.4 Å². The van der Waals surface area contributed by atoms with E-state index in [9.17, 15) is 4.79 Å². The molecule has 0 fully saturated rings. The van der Waals surface area contributed by atoms with E-state index in [4.69, 9.17) is 4.74 Å². The zero-order valence-electron chi connectivity index (χ0n) is 11.7. The van der Waals surface area contributed by atoms with Crippen LogP contribution in [0, 0.1) is 6.92 Å². The Morgan fingerprint density at radius 2 is 1.90 bits per heavy atom. The first-order valence-corrected chi connectivity index (χ1v) is 6.49. The third-order valence-electron chi connectivity index (χ3n) is 3.18. The third-order valence-corrected chi connectivity index (χ3v) is 3.18. The molecule has 0 radical (unpaired) electrons. The van der Waals surface area contributed by atoms with E-state index < -0.39 is 6.16 Å².